The lowest BCUT2D eigenvalue weighted by atomic mass is 9.65. The van der Waals surface area contributed by atoms with Crippen LogP contribution in [0.5, 0.6) is 0 Å². The second-order valence-corrected chi connectivity index (χ2v) is 7.14. The second kappa shape index (κ2) is 4.68. The molecule has 0 saturated heterocycles. The summed E-state index contributed by atoms with van der Waals surface area (Å²) in [4.78, 5) is 0. The highest BCUT2D eigenvalue weighted by atomic mass is 14.4. The van der Waals surface area contributed by atoms with Gasteiger partial charge in [0.05, 0.1) is 0 Å². The molecule has 0 heteroatoms. The number of hydrogen-bond acceptors (Lipinski definition) is 0. The van der Waals surface area contributed by atoms with Crippen LogP contribution >= 0.6 is 0 Å². The van der Waals surface area contributed by atoms with Gasteiger partial charge in [0.25, 0.3) is 0 Å². The van der Waals surface area contributed by atoms with Crippen LogP contribution in [-0.4, -0.2) is 0 Å². The van der Waals surface area contributed by atoms with Crippen molar-refractivity contribution >= 4 is 0 Å². The van der Waals surface area contributed by atoms with E-state index in [1.807, 2.05) is 0 Å². The van der Waals surface area contributed by atoms with E-state index in [1.54, 1.807) is 0 Å². The summed E-state index contributed by atoms with van der Waals surface area (Å²) in [6.07, 6.45) is 2.68. The molecule has 0 saturated carbocycles. The largest absolute Gasteiger partial charge is 0.0628 e. The van der Waals surface area contributed by atoms with E-state index >= 15 is 0 Å². The molecule has 0 fully saturated rings. The van der Waals surface area contributed by atoms with Gasteiger partial charge in [-0.15, -0.1) is 0 Å². The third-order valence-electron chi connectivity index (χ3n) is 3.20. The third-order valence-corrected chi connectivity index (χ3v) is 3.20. The van der Waals surface area contributed by atoms with E-state index in [0.29, 0.717) is 10.8 Å². The van der Waals surface area contributed by atoms with E-state index < -0.39 is 0 Å². The highest BCUT2D eigenvalue weighted by Crippen LogP contribution is 2.43. The van der Waals surface area contributed by atoms with Crippen LogP contribution in [0.2, 0.25) is 0 Å². The molecule has 0 radical (unpaired) electrons. The minimum absolute atomic E-state index is 0.452. The van der Waals surface area contributed by atoms with E-state index in [1.165, 1.54) is 12.8 Å². The molecule has 0 amide bonds. The van der Waals surface area contributed by atoms with Crippen LogP contribution in [-0.2, 0) is 0 Å². The van der Waals surface area contributed by atoms with Crippen LogP contribution in [0.25, 0.3) is 0 Å². The molecule has 0 aromatic rings. The summed E-state index contributed by atoms with van der Waals surface area (Å²) in [5.74, 6) is 1.59. The molecule has 0 rings (SSSR count). The Morgan fingerprint density at radius 2 is 1.29 bits per heavy atom. The molecule has 0 N–H and O–H groups in total. The molecule has 0 aromatic heterocycles. The van der Waals surface area contributed by atoms with Crippen LogP contribution in [0.1, 0.15) is 68.2 Å². The Balaban J connectivity index is 4.56. The SMILES string of the molecule is CC(C)CC(C)(CC(C)(C)C)C(C)C. The molecule has 0 aliphatic heterocycles. The molecule has 86 valence electrons. The molecule has 1 atom stereocenters. The van der Waals surface area contributed by atoms with Crippen molar-refractivity contribution in [3.63, 3.8) is 0 Å². The predicted molar refractivity (Wildman–Crippen MR) is 66.5 cm³/mol. The lowest BCUT2D eigenvalue weighted by Gasteiger charge is -2.40. The maximum atomic E-state index is 2.46. The highest BCUT2D eigenvalue weighted by molar-refractivity contribution is 4.83. The van der Waals surface area contributed by atoms with E-state index in [0.717, 1.165) is 11.8 Å². The molecule has 0 nitrogen and oxygen atoms in total. The maximum Gasteiger partial charge on any atom is -0.0295 e. The normalized spacial score (nSPS) is 17.6. The van der Waals surface area contributed by atoms with Crippen LogP contribution in [0.15, 0.2) is 0 Å². The first-order valence-corrected chi connectivity index (χ1v) is 6.07. The standard InChI is InChI=1S/C14H30/c1-11(2)9-14(8,12(3)4)10-13(5,6)7/h11-12H,9-10H2,1-8H3. The van der Waals surface area contributed by atoms with Crippen molar-refractivity contribution in [2.75, 3.05) is 0 Å². The Labute approximate surface area is 91.5 Å². The first kappa shape index (κ1) is 14.0. The summed E-state index contributed by atoms with van der Waals surface area (Å²) in [7, 11) is 0. The summed E-state index contributed by atoms with van der Waals surface area (Å²) in [6.45, 7) is 18.9. The van der Waals surface area contributed by atoms with Gasteiger partial charge < -0.3 is 0 Å². The Hall–Kier alpha value is 0. The summed E-state index contributed by atoms with van der Waals surface area (Å²) in [5.41, 5.74) is 0.959. The van der Waals surface area contributed by atoms with Crippen LogP contribution in [0.4, 0.5) is 0 Å². The van der Waals surface area contributed by atoms with Crippen molar-refractivity contribution in [2.24, 2.45) is 22.7 Å². The first-order valence-electron chi connectivity index (χ1n) is 6.07. The van der Waals surface area contributed by atoms with Crippen LogP contribution in [0.3, 0.4) is 0 Å². The minimum Gasteiger partial charge on any atom is -0.0628 e. The van der Waals surface area contributed by atoms with Gasteiger partial charge in [-0.05, 0) is 35.5 Å². The van der Waals surface area contributed by atoms with Gasteiger partial charge in [-0.2, -0.15) is 0 Å². The van der Waals surface area contributed by atoms with E-state index in [2.05, 4.69) is 55.4 Å². The number of rotatable bonds is 4. The molecule has 1 unspecified atom stereocenters. The fraction of sp³-hybridized carbons (Fsp3) is 1.00. The quantitative estimate of drug-likeness (QED) is 0.587. The highest BCUT2D eigenvalue weighted by Gasteiger charge is 2.33. The van der Waals surface area contributed by atoms with Crippen molar-refractivity contribution in [2.45, 2.75) is 68.2 Å². The van der Waals surface area contributed by atoms with Crippen molar-refractivity contribution < 1.29 is 0 Å². The molecule has 0 aliphatic rings. The minimum atomic E-state index is 0.452. The van der Waals surface area contributed by atoms with Crippen molar-refractivity contribution in [3.8, 4) is 0 Å². The Bertz CT molecular complexity index is 159. The van der Waals surface area contributed by atoms with Crippen molar-refractivity contribution in [1.82, 2.24) is 0 Å². The van der Waals surface area contributed by atoms with Gasteiger partial charge in [-0.25, -0.2) is 0 Å². The summed E-state index contributed by atoms with van der Waals surface area (Å²) < 4.78 is 0. The average Bonchev–Trinajstić information content (AvgIpc) is 1.79. The fourth-order valence-electron chi connectivity index (χ4n) is 2.66. The zero-order valence-electron chi connectivity index (χ0n) is 11.6. The molecule has 0 heterocycles. The topological polar surface area (TPSA) is 0 Å². The Morgan fingerprint density at radius 1 is 0.857 bits per heavy atom. The first-order chi connectivity index (χ1) is 6.07. The summed E-state index contributed by atoms with van der Waals surface area (Å²) in [5, 5.41) is 0. The monoisotopic (exact) mass is 198 g/mol. The smallest absolute Gasteiger partial charge is 0.0295 e. The molecular formula is C14H30. The summed E-state index contributed by atoms with van der Waals surface area (Å²) >= 11 is 0. The van der Waals surface area contributed by atoms with Crippen LogP contribution < -0.4 is 0 Å². The van der Waals surface area contributed by atoms with Crippen molar-refractivity contribution in [3.05, 3.63) is 0 Å². The zero-order valence-corrected chi connectivity index (χ0v) is 11.6. The second-order valence-electron chi connectivity index (χ2n) is 7.14. The lowest BCUT2D eigenvalue weighted by Crippen LogP contribution is -2.30. The van der Waals surface area contributed by atoms with Gasteiger partial charge in [0, 0.05) is 0 Å². The van der Waals surface area contributed by atoms with E-state index in [9.17, 15) is 0 Å². The Morgan fingerprint density at radius 3 is 1.50 bits per heavy atom. The predicted octanol–water partition coefficient (Wildman–Crippen LogP) is 5.13. The number of hydrogen-bond donors (Lipinski definition) is 0. The van der Waals surface area contributed by atoms with Gasteiger partial charge in [0.2, 0.25) is 0 Å². The van der Waals surface area contributed by atoms with Gasteiger partial charge >= 0.3 is 0 Å². The maximum absolute atomic E-state index is 2.46. The molecule has 0 bridgehead atoms. The molecule has 0 spiro atoms. The molecular weight excluding hydrogens is 168 g/mol. The van der Waals surface area contributed by atoms with Gasteiger partial charge in [0.1, 0.15) is 0 Å². The molecule has 14 heavy (non-hydrogen) atoms. The average molecular weight is 198 g/mol. The van der Waals surface area contributed by atoms with Gasteiger partial charge in [-0.1, -0.05) is 55.4 Å². The van der Waals surface area contributed by atoms with Gasteiger partial charge in [-0.3, -0.25) is 0 Å². The molecule has 0 aromatic carbocycles. The van der Waals surface area contributed by atoms with E-state index in [-0.39, 0.29) is 0 Å². The Kier molecular flexibility index (Phi) is 4.68. The van der Waals surface area contributed by atoms with Gasteiger partial charge in [0.15, 0.2) is 0 Å². The fourth-order valence-corrected chi connectivity index (χ4v) is 2.66. The zero-order chi connectivity index (χ0) is 11.6. The van der Waals surface area contributed by atoms with E-state index in [4.69, 9.17) is 0 Å². The lowest BCUT2D eigenvalue weighted by molar-refractivity contribution is 0.101. The third kappa shape index (κ3) is 5.02. The summed E-state index contributed by atoms with van der Waals surface area (Å²) in [6, 6.07) is 0. The van der Waals surface area contributed by atoms with Crippen molar-refractivity contribution in [1.29, 1.82) is 0 Å². The molecule has 0 aliphatic carbocycles. The van der Waals surface area contributed by atoms with Crippen LogP contribution in [0, 0.1) is 22.7 Å².